The molecule has 0 saturated carbocycles. The molecule has 2 heterocycles. The summed E-state index contributed by atoms with van der Waals surface area (Å²) in [6, 6.07) is 13.2. The number of amides is 1. The lowest BCUT2D eigenvalue weighted by Crippen LogP contribution is -2.67. The summed E-state index contributed by atoms with van der Waals surface area (Å²) in [4.78, 5) is 113. The molecule has 2 N–H and O–H groups in total. The molecule has 23 heteroatoms. The second-order valence-electron chi connectivity index (χ2n) is 15.4. The van der Waals surface area contributed by atoms with Gasteiger partial charge in [-0.3, -0.25) is 33.6 Å². The van der Waals surface area contributed by atoms with Gasteiger partial charge in [0.2, 0.25) is 0 Å². The van der Waals surface area contributed by atoms with Crippen LogP contribution < -0.4 is 5.32 Å². The molecule has 3 aliphatic rings. The molecule has 0 spiro atoms. The number of hydrogen-bond acceptors (Lipinski definition) is 21. The Hall–Kier alpha value is -6.69. The maximum absolute atomic E-state index is 13.3. The van der Waals surface area contributed by atoms with Gasteiger partial charge in [-0.2, -0.15) is 0 Å². The van der Waals surface area contributed by atoms with Crippen molar-refractivity contribution in [2.75, 3.05) is 26.4 Å². The van der Waals surface area contributed by atoms with E-state index in [0.717, 1.165) is 70.7 Å². The zero-order valence-corrected chi connectivity index (χ0v) is 37.4. The van der Waals surface area contributed by atoms with Crippen molar-refractivity contribution in [2.24, 2.45) is 0 Å². The number of alkyl carbamates (subject to hydrolysis) is 1. The topological polar surface area (TPSA) is 297 Å². The molecular weight excluding hydrogens is 894 g/mol. The Morgan fingerprint density at radius 2 is 0.940 bits per heavy atom. The molecule has 0 bridgehead atoms. The molecule has 1 amide bonds. The third-order valence-electron chi connectivity index (χ3n) is 10.2. The van der Waals surface area contributed by atoms with Crippen molar-refractivity contribution in [1.29, 1.82) is 0 Å². The molecule has 23 nitrogen and oxygen atoms in total. The van der Waals surface area contributed by atoms with E-state index in [-0.39, 0.29) is 12.5 Å². The van der Waals surface area contributed by atoms with E-state index in [0.29, 0.717) is 0 Å². The van der Waals surface area contributed by atoms with E-state index in [2.05, 4.69) is 5.32 Å². The van der Waals surface area contributed by atoms with Crippen LogP contribution in [0.15, 0.2) is 48.5 Å². The first-order valence-electron chi connectivity index (χ1n) is 20.8. The summed E-state index contributed by atoms with van der Waals surface area (Å²) in [5.74, 6) is -8.50. The van der Waals surface area contributed by atoms with Gasteiger partial charge in [0.1, 0.15) is 32.0 Å². The lowest BCUT2D eigenvalue weighted by Gasteiger charge is -2.48. The molecule has 11 atom stereocenters. The highest BCUT2D eigenvalue weighted by Gasteiger charge is 2.58. The van der Waals surface area contributed by atoms with Crippen LogP contribution in [0, 0.1) is 0 Å². The van der Waals surface area contributed by atoms with Gasteiger partial charge in [0.25, 0.3) is 0 Å². The van der Waals surface area contributed by atoms with E-state index < -0.39 is 141 Å². The van der Waals surface area contributed by atoms with Gasteiger partial charge in [0, 0.05) is 54.4 Å². The summed E-state index contributed by atoms with van der Waals surface area (Å²) < 4.78 is 67.9. The van der Waals surface area contributed by atoms with E-state index in [1.807, 2.05) is 48.5 Å². The Morgan fingerprint density at radius 3 is 1.39 bits per heavy atom. The van der Waals surface area contributed by atoms with Crippen LogP contribution in [-0.4, -0.2) is 153 Å². The smallest absolute Gasteiger partial charge is 0.407 e. The molecule has 2 fully saturated rings. The highest BCUT2D eigenvalue weighted by atomic mass is 16.8. The molecule has 2 aromatic carbocycles. The van der Waals surface area contributed by atoms with Crippen molar-refractivity contribution in [2.45, 2.75) is 122 Å². The quantitative estimate of drug-likeness (QED) is 0.158. The molecule has 0 radical (unpaired) electrons. The zero-order valence-electron chi connectivity index (χ0n) is 37.4. The fourth-order valence-electron chi connectivity index (χ4n) is 7.75. The number of carboxylic acid groups (broad SMARTS) is 1. The number of nitrogens with one attached hydrogen (secondary N) is 1. The number of carbonyl (C=O) groups excluding carboxylic acids is 8. The monoisotopic (exact) mass is 945 g/mol. The van der Waals surface area contributed by atoms with Crippen molar-refractivity contribution in [3.05, 3.63) is 59.7 Å². The molecule has 364 valence electrons. The second-order valence-corrected chi connectivity index (χ2v) is 15.4. The maximum atomic E-state index is 13.3. The average Bonchev–Trinajstić information content (AvgIpc) is 3.56. The van der Waals surface area contributed by atoms with E-state index >= 15 is 0 Å². The molecule has 1 aliphatic carbocycles. The van der Waals surface area contributed by atoms with Crippen molar-refractivity contribution in [3.63, 3.8) is 0 Å². The Bertz CT molecular complexity index is 2130. The van der Waals surface area contributed by atoms with Gasteiger partial charge in [0.05, 0.1) is 6.61 Å². The van der Waals surface area contributed by atoms with E-state index in [4.69, 9.17) is 56.8 Å². The Labute approximate surface area is 382 Å². The first-order chi connectivity index (χ1) is 31.7. The minimum atomic E-state index is -1.99. The van der Waals surface area contributed by atoms with Crippen molar-refractivity contribution >= 4 is 53.8 Å². The zero-order chi connectivity index (χ0) is 49.1. The fraction of sp³-hybridized carbons (Fsp3) is 0.523. The molecule has 5 rings (SSSR count). The predicted molar refractivity (Wildman–Crippen MR) is 219 cm³/mol. The third-order valence-corrected chi connectivity index (χ3v) is 10.2. The van der Waals surface area contributed by atoms with E-state index in [1.54, 1.807) is 0 Å². The molecule has 2 saturated heterocycles. The molecule has 2 aliphatic heterocycles. The van der Waals surface area contributed by atoms with Gasteiger partial charge in [-0.1, -0.05) is 48.5 Å². The number of fused-ring (bicyclic) bond motifs is 3. The van der Waals surface area contributed by atoms with Crippen LogP contribution in [0.2, 0.25) is 0 Å². The third kappa shape index (κ3) is 13.7. The summed E-state index contributed by atoms with van der Waals surface area (Å²) in [6.45, 7) is 4.60. The molecule has 0 unspecified atom stereocenters. The Morgan fingerprint density at radius 1 is 0.522 bits per heavy atom. The second kappa shape index (κ2) is 23.2. The lowest BCUT2D eigenvalue weighted by atomic mass is 9.96. The molecule has 67 heavy (non-hydrogen) atoms. The number of esters is 7. The number of carbonyl (C=O) groups is 9. The highest BCUT2D eigenvalue weighted by molar-refractivity contribution is 5.81. The summed E-state index contributed by atoms with van der Waals surface area (Å²) in [5.41, 5.74) is 3.69. The van der Waals surface area contributed by atoms with Crippen LogP contribution in [0.5, 0.6) is 0 Å². The van der Waals surface area contributed by atoms with E-state index in [9.17, 15) is 48.3 Å². The van der Waals surface area contributed by atoms with Crippen LogP contribution in [0.25, 0.3) is 11.1 Å². The number of carboxylic acids is 1. The number of hydrogen-bond donors (Lipinski definition) is 2. The number of aliphatic carboxylic acids is 1. The predicted octanol–water partition coefficient (Wildman–Crippen LogP) is 1.61. The van der Waals surface area contributed by atoms with Crippen LogP contribution in [-0.2, 0) is 95.2 Å². The fourth-order valence-corrected chi connectivity index (χ4v) is 7.75. The summed E-state index contributed by atoms with van der Waals surface area (Å²) in [6.07, 6.45) is -18.8. The molecular formula is C44H51NO22. The number of ether oxygens (including phenoxy) is 12. The van der Waals surface area contributed by atoms with Gasteiger partial charge in [-0.25, -0.2) is 9.59 Å². The lowest BCUT2D eigenvalue weighted by molar-refractivity contribution is -0.368. The molecule has 0 aromatic heterocycles. The minimum Gasteiger partial charge on any atom is -0.480 e. The minimum absolute atomic E-state index is 0.176. The van der Waals surface area contributed by atoms with Crippen molar-refractivity contribution in [1.82, 2.24) is 5.32 Å². The molecule has 2 aromatic rings. The SMILES string of the molecule is CC(=O)OC[C@H]1O[C@@H](O[C@H]2[C@H](OC[C@H](NC(=O)OCC3c4ccccc4-c4ccccc43)C(=O)O)O[C@H](COC(C)=O)[C@@H](OC(C)=O)[C@@H]2OC(C)=O)[C@H](OC(C)=O)[C@@H](OC(C)=O)[C@@H]1OC(C)=O. The van der Waals surface area contributed by atoms with Gasteiger partial charge in [0.15, 0.2) is 55.2 Å². The Kier molecular flexibility index (Phi) is 17.7. The first-order valence-corrected chi connectivity index (χ1v) is 20.8. The van der Waals surface area contributed by atoms with Crippen LogP contribution in [0.4, 0.5) is 4.79 Å². The standard InChI is InChI=1S/C44H51NO22/c1-20(46)56-18-33-35(60-22(3)48)37(62-24(5)50)39(67-43-40(64-26(7)52)38(63-25(6)51)36(61-23(4)49)34(66-43)19-57-21(2)47)42(65-33)58-17-32(41(53)54)45-44(55)59-16-31-29-14-10-8-12-27(29)28-13-9-11-15-30(28)31/h8-15,31-40,42-43H,16-19H2,1-7H3,(H,45,55)(H,53,54)/t32-,33+,34+,35+,36+,37-,38-,39+,40+,42+,43-/m0/s1. The van der Waals surface area contributed by atoms with Crippen LogP contribution in [0.3, 0.4) is 0 Å². The van der Waals surface area contributed by atoms with Gasteiger partial charge in [-0.15, -0.1) is 0 Å². The summed E-state index contributed by atoms with van der Waals surface area (Å²) in [5, 5.41) is 12.5. The highest BCUT2D eigenvalue weighted by Crippen LogP contribution is 2.44. The van der Waals surface area contributed by atoms with E-state index in [1.165, 1.54) is 0 Å². The first kappa shape index (κ1) is 51.3. The van der Waals surface area contributed by atoms with Crippen molar-refractivity contribution < 1.29 is 105 Å². The van der Waals surface area contributed by atoms with Gasteiger partial charge < -0.3 is 67.3 Å². The van der Waals surface area contributed by atoms with Gasteiger partial charge >= 0.3 is 53.8 Å². The maximum Gasteiger partial charge on any atom is 0.407 e. The normalized spacial score (nSPS) is 25.7. The van der Waals surface area contributed by atoms with Crippen LogP contribution in [0.1, 0.15) is 65.5 Å². The summed E-state index contributed by atoms with van der Waals surface area (Å²) in [7, 11) is 0. The average molecular weight is 946 g/mol. The van der Waals surface area contributed by atoms with Crippen LogP contribution >= 0.6 is 0 Å². The largest absolute Gasteiger partial charge is 0.480 e. The van der Waals surface area contributed by atoms with Gasteiger partial charge in [-0.05, 0) is 22.3 Å². The Balaban J connectivity index is 1.49. The summed E-state index contributed by atoms with van der Waals surface area (Å²) >= 11 is 0. The number of rotatable bonds is 18. The van der Waals surface area contributed by atoms with Crippen molar-refractivity contribution in [3.8, 4) is 11.1 Å². The number of benzene rings is 2.